The minimum absolute atomic E-state index is 0.0795. The topological polar surface area (TPSA) is 50.7 Å². The first-order chi connectivity index (χ1) is 9.31. The van der Waals surface area contributed by atoms with Crippen LogP contribution >= 0.6 is 22.7 Å². The Balaban J connectivity index is 2.26. The SMILES string of the molecule is CCC(C)Nc1nnc(-c2sc(C(C)(C)C)nc2C)s1. The van der Waals surface area contributed by atoms with E-state index in [1.54, 1.807) is 22.7 Å². The molecule has 1 unspecified atom stereocenters. The van der Waals surface area contributed by atoms with Crippen LogP contribution in [0.25, 0.3) is 9.88 Å². The Bertz CT molecular complexity index is 580. The molecule has 0 fully saturated rings. The highest BCUT2D eigenvalue weighted by atomic mass is 32.1. The molecular formula is C14H22N4S2. The van der Waals surface area contributed by atoms with Gasteiger partial charge in [-0.3, -0.25) is 0 Å². The Kier molecular flexibility index (Phi) is 4.44. The maximum Gasteiger partial charge on any atom is 0.206 e. The van der Waals surface area contributed by atoms with Crippen molar-refractivity contribution in [2.24, 2.45) is 0 Å². The van der Waals surface area contributed by atoms with Gasteiger partial charge in [0.2, 0.25) is 5.13 Å². The molecule has 0 saturated heterocycles. The smallest absolute Gasteiger partial charge is 0.206 e. The summed E-state index contributed by atoms with van der Waals surface area (Å²) < 4.78 is 0. The third-order valence-corrected chi connectivity index (χ3v) is 5.63. The van der Waals surface area contributed by atoms with Gasteiger partial charge in [0.15, 0.2) is 5.01 Å². The van der Waals surface area contributed by atoms with E-state index < -0.39 is 0 Å². The lowest BCUT2D eigenvalue weighted by Gasteiger charge is -2.13. The van der Waals surface area contributed by atoms with Gasteiger partial charge in [-0.2, -0.15) is 0 Å². The first-order valence-corrected chi connectivity index (χ1v) is 8.53. The maximum atomic E-state index is 4.68. The van der Waals surface area contributed by atoms with E-state index in [0.717, 1.165) is 32.1 Å². The molecule has 0 aliphatic heterocycles. The van der Waals surface area contributed by atoms with Crippen LogP contribution in [0.2, 0.25) is 0 Å². The molecule has 2 aromatic heterocycles. The Morgan fingerprint density at radius 2 is 1.90 bits per heavy atom. The summed E-state index contributed by atoms with van der Waals surface area (Å²) in [6, 6.07) is 0.420. The molecule has 1 N–H and O–H groups in total. The van der Waals surface area contributed by atoms with Crippen LogP contribution in [0.15, 0.2) is 0 Å². The lowest BCUT2D eigenvalue weighted by molar-refractivity contribution is 0.584. The summed E-state index contributed by atoms with van der Waals surface area (Å²) in [7, 11) is 0. The van der Waals surface area contributed by atoms with E-state index in [1.807, 2.05) is 6.92 Å². The molecule has 6 heteroatoms. The minimum atomic E-state index is 0.0795. The molecule has 2 aromatic rings. The van der Waals surface area contributed by atoms with Crippen molar-refractivity contribution >= 4 is 27.8 Å². The fourth-order valence-corrected chi connectivity index (χ4v) is 3.70. The van der Waals surface area contributed by atoms with Gasteiger partial charge < -0.3 is 5.32 Å². The van der Waals surface area contributed by atoms with E-state index in [1.165, 1.54) is 0 Å². The van der Waals surface area contributed by atoms with E-state index in [4.69, 9.17) is 0 Å². The average Bonchev–Trinajstić information content (AvgIpc) is 2.94. The Morgan fingerprint density at radius 3 is 2.45 bits per heavy atom. The molecule has 0 aliphatic rings. The molecule has 0 aliphatic carbocycles. The number of anilines is 1. The van der Waals surface area contributed by atoms with Crippen molar-refractivity contribution in [1.82, 2.24) is 15.2 Å². The molecule has 20 heavy (non-hydrogen) atoms. The summed E-state index contributed by atoms with van der Waals surface area (Å²) >= 11 is 3.33. The molecule has 110 valence electrons. The highest BCUT2D eigenvalue weighted by Crippen LogP contribution is 2.37. The van der Waals surface area contributed by atoms with Crippen LogP contribution in [0.3, 0.4) is 0 Å². The number of nitrogens with one attached hydrogen (secondary N) is 1. The van der Waals surface area contributed by atoms with E-state index >= 15 is 0 Å². The van der Waals surface area contributed by atoms with Crippen molar-refractivity contribution in [3.05, 3.63) is 10.7 Å². The highest BCUT2D eigenvalue weighted by molar-refractivity contribution is 7.23. The zero-order chi connectivity index (χ0) is 14.9. The zero-order valence-electron chi connectivity index (χ0n) is 12.9. The lowest BCUT2D eigenvalue weighted by Crippen LogP contribution is -2.12. The lowest BCUT2D eigenvalue weighted by atomic mass is 9.98. The van der Waals surface area contributed by atoms with Gasteiger partial charge >= 0.3 is 0 Å². The number of thiazole rings is 1. The minimum Gasteiger partial charge on any atom is -0.358 e. The van der Waals surface area contributed by atoms with E-state index in [0.29, 0.717) is 6.04 Å². The molecular weight excluding hydrogens is 288 g/mol. The fraction of sp³-hybridized carbons (Fsp3) is 0.643. The summed E-state index contributed by atoms with van der Waals surface area (Å²) in [5, 5.41) is 14.9. The Morgan fingerprint density at radius 1 is 1.20 bits per heavy atom. The molecule has 0 aromatic carbocycles. The van der Waals surface area contributed by atoms with Gasteiger partial charge in [0.25, 0.3) is 0 Å². The van der Waals surface area contributed by atoms with Gasteiger partial charge in [0.05, 0.1) is 15.6 Å². The first kappa shape index (κ1) is 15.4. The Labute approximate surface area is 128 Å². The second-order valence-corrected chi connectivity index (χ2v) is 8.03. The van der Waals surface area contributed by atoms with Gasteiger partial charge in [-0.1, -0.05) is 39.0 Å². The highest BCUT2D eigenvalue weighted by Gasteiger charge is 2.22. The molecule has 0 spiro atoms. The predicted molar refractivity (Wildman–Crippen MR) is 87.8 cm³/mol. The maximum absolute atomic E-state index is 4.68. The van der Waals surface area contributed by atoms with Crippen LogP contribution in [0, 0.1) is 6.92 Å². The molecule has 2 heterocycles. The van der Waals surface area contributed by atoms with Crippen molar-refractivity contribution in [1.29, 1.82) is 0 Å². The zero-order valence-corrected chi connectivity index (χ0v) is 14.6. The summed E-state index contributed by atoms with van der Waals surface area (Å²) in [6.07, 6.45) is 1.07. The van der Waals surface area contributed by atoms with Gasteiger partial charge in [0, 0.05) is 11.5 Å². The van der Waals surface area contributed by atoms with Crippen LogP contribution in [0.5, 0.6) is 0 Å². The largest absolute Gasteiger partial charge is 0.358 e. The van der Waals surface area contributed by atoms with E-state index in [2.05, 4.69) is 55.1 Å². The van der Waals surface area contributed by atoms with Gasteiger partial charge in [-0.05, 0) is 20.3 Å². The van der Waals surface area contributed by atoms with Crippen molar-refractivity contribution in [3.63, 3.8) is 0 Å². The second-order valence-electron chi connectivity index (χ2n) is 6.05. The summed E-state index contributed by atoms with van der Waals surface area (Å²) in [5.74, 6) is 0. The quantitative estimate of drug-likeness (QED) is 0.904. The number of aryl methyl sites for hydroxylation is 1. The first-order valence-electron chi connectivity index (χ1n) is 6.89. The standard InChI is InChI=1S/C14H22N4S2/c1-7-8(2)15-13-18-17-11(20-13)10-9(3)16-12(19-10)14(4,5)6/h8H,7H2,1-6H3,(H,15,18). The molecule has 0 radical (unpaired) electrons. The number of nitrogens with zero attached hydrogens (tertiary/aromatic N) is 3. The van der Waals surface area contributed by atoms with Gasteiger partial charge in [-0.25, -0.2) is 4.98 Å². The van der Waals surface area contributed by atoms with Crippen molar-refractivity contribution in [3.8, 4) is 9.88 Å². The van der Waals surface area contributed by atoms with Crippen molar-refractivity contribution < 1.29 is 0 Å². The second kappa shape index (κ2) is 5.77. The molecule has 0 saturated carbocycles. The molecule has 1 atom stereocenters. The summed E-state index contributed by atoms with van der Waals surface area (Å²) in [5.41, 5.74) is 1.13. The van der Waals surface area contributed by atoms with Gasteiger partial charge in [-0.15, -0.1) is 21.5 Å². The third-order valence-electron chi connectivity index (χ3n) is 3.04. The van der Waals surface area contributed by atoms with Crippen LogP contribution in [-0.2, 0) is 5.41 Å². The van der Waals surface area contributed by atoms with Crippen molar-refractivity contribution in [2.45, 2.75) is 59.4 Å². The number of hydrogen-bond donors (Lipinski definition) is 1. The normalized spacial score (nSPS) is 13.5. The van der Waals surface area contributed by atoms with E-state index in [9.17, 15) is 0 Å². The third kappa shape index (κ3) is 3.35. The predicted octanol–water partition coefficient (Wildman–Crippen LogP) is 4.48. The van der Waals surface area contributed by atoms with Crippen LogP contribution in [-0.4, -0.2) is 21.2 Å². The molecule has 0 bridgehead atoms. The number of rotatable bonds is 4. The molecule has 4 nitrogen and oxygen atoms in total. The summed E-state index contributed by atoms with van der Waals surface area (Å²) in [4.78, 5) is 5.82. The monoisotopic (exact) mass is 310 g/mol. The van der Waals surface area contributed by atoms with Gasteiger partial charge in [0.1, 0.15) is 0 Å². The number of hydrogen-bond acceptors (Lipinski definition) is 6. The molecule has 0 amide bonds. The Hall–Kier alpha value is -1.01. The van der Waals surface area contributed by atoms with Crippen molar-refractivity contribution in [2.75, 3.05) is 5.32 Å². The average molecular weight is 310 g/mol. The number of aromatic nitrogens is 3. The fourth-order valence-electron chi connectivity index (χ4n) is 1.60. The van der Waals surface area contributed by atoms with Crippen LogP contribution < -0.4 is 5.32 Å². The van der Waals surface area contributed by atoms with E-state index in [-0.39, 0.29) is 5.41 Å². The summed E-state index contributed by atoms with van der Waals surface area (Å²) in [6.45, 7) is 12.9. The van der Waals surface area contributed by atoms with Crippen LogP contribution in [0.1, 0.15) is 51.7 Å². The molecule has 2 rings (SSSR count). The van der Waals surface area contributed by atoms with Crippen LogP contribution in [0.4, 0.5) is 5.13 Å².